The van der Waals surface area contributed by atoms with Crippen molar-refractivity contribution < 1.29 is 9.32 Å². The zero-order valence-corrected chi connectivity index (χ0v) is 13.4. The molecule has 1 saturated heterocycles. The lowest BCUT2D eigenvalue weighted by atomic mass is 10.0. The first-order chi connectivity index (χ1) is 12.3. The highest BCUT2D eigenvalue weighted by molar-refractivity contribution is 5.92. The molecule has 0 spiro atoms. The average molecular weight is 336 g/mol. The highest BCUT2D eigenvalue weighted by Crippen LogP contribution is 2.26. The second-order valence-electron chi connectivity index (χ2n) is 5.85. The summed E-state index contributed by atoms with van der Waals surface area (Å²) in [5.41, 5.74) is 1.38. The van der Waals surface area contributed by atoms with Crippen molar-refractivity contribution in [2.24, 2.45) is 0 Å². The molecule has 1 aliphatic rings. The zero-order chi connectivity index (χ0) is 17.1. The van der Waals surface area contributed by atoms with E-state index in [0.717, 1.165) is 5.69 Å². The number of carbonyl (C=O) groups excluding carboxylic acids is 1. The summed E-state index contributed by atoms with van der Waals surface area (Å²) in [6, 6.07) is 9.42. The predicted octanol–water partition coefficient (Wildman–Crippen LogP) is 1.56. The topological polar surface area (TPSA) is 97.0 Å². The van der Waals surface area contributed by atoms with Crippen molar-refractivity contribution in [2.45, 2.75) is 5.92 Å². The Balaban J connectivity index is 1.29. The van der Waals surface area contributed by atoms with Gasteiger partial charge in [-0.25, -0.2) is 4.98 Å². The molecule has 1 fully saturated rings. The molecular formula is C17H16N6O2. The van der Waals surface area contributed by atoms with Crippen LogP contribution in [0, 0.1) is 0 Å². The van der Waals surface area contributed by atoms with E-state index in [9.17, 15) is 4.79 Å². The van der Waals surface area contributed by atoms with Crippen LogP contribution in [0.4, 0.5) is 5.69 Å². The highest BCUT2D eigenvalue weighted by atomic mass is 16.5. The maximum atomic E-state index is 12.0. The first-order valence-electron chi connectivity index (χ1n) is 7.95. The van der Waals surface area contributed by atoms with Gasteiger partial charge in [-0.2, -0.15) is 4.98 Å². The first kappa shape index (κ1) is 15.4. The summed E-state index contributed by atoms with van der Waals surface area (Å²) in [5.74, 6) is 1.11. The quantitative estimate of drug-likeness (QED) is 0.755. The molecule has 2 aromatic heterocycles. The Morgan fingerprint density at radius 1 is 1.24 bits per heavy atom. The van der Waals surface area contributed by atoms with Crippen molar-refractivity contribution in [3.05, 3.63) is 54.8 Å². The van der Waals surface area contributed by atoms with Crippen molar-refractivity contribution in [1.29, 1.82) is 0 Å². The van der Waals surface area contributed by atoms with Crippen LogP contribution < -0.4 is 5.32 Å². The fourth-order valence-corrected chi connectivity index (χ4v) is 2.70. The van der Waals surface area contributed by atoms with Crippen molar-refractivity contribution in [3.63, 3.8) is 0 Å². The smallest absolute Gasteiger partial charge is 0.238 e. The Bertz CT molecular complexity index is 846. The fraction of sp³-hybridized carbons (Fsp3) is 0.235. The van der Waals surface area contributed by atoms with Crippen LogP contribution in [0.25, 0.3) is 11.5 Å². The number of nitrogens with zero attached hydrogens (tertiary/aromatic N) is 5. The van der Waals surface area contributed by atoms with Gasteiger partial charge in [-0.15, -0.1) is 0 Å². The molecule has 0 aliphatic carbocycles. The number of likely N-dealkylation sites (tertiary alicyclic amines) is 1. The maximum absolute atomic E-state index is 12.0. The number of anilines is 1. The van der Waals surface area contributed by atoms with Crippen LogP contribution in [0.1, 0.15) is 11.8 Å². The standard InChI is InChI=1S/C17H16N6O2/c24-15(20-13-4-2-1-3-5-13)11-23-9-12(10-23)17-21-16(22-25-17)14-8-18-6-7-19-14/h1-8,12H,9-11H2,(H,20,24). The van der Waals surface area contributed by atoms with Gasteiger partial charge in [0.15, 0.2) is 0 Å². The van der Waals surface area contributed by atoms with E-state index < -0.39 is 0 Å². The second-order valence-corrected chi connectivity index (χ2v) is 5.85. The third-order valence-electron chi connectivity index (χ3n) is 3.97. The van der Waals surface area contributed by atoms with E-state index in [1.54, 1.807) is 18.6 Å². The molecule has 0 bridgehead atoms. The lowest BCUT2D eigenvalue weighted by Crippen LogP contribution is -2.48. The Morgan fingerprint density at radius 3 is 2.84 bits per heavy atom. The minimum absolute atomic E-state index is 0.0320. The summed E-state index contributed by atoms with van der Waals surface area (Å²) in [7, 11) is 0. The van der Waals surface area contributed by atoms with E-state index in [1.165, 1.54) is 0 Å². The monoisotopic (exact) mass is 336 g/mol. The molecule has 3 aromatic rings. The van der Waals surface area contributed by atoms with Crippen molar-refractivity contribution in [2.75, 3.05) is 25.0 Å². The summed E-state index contributed by atoms with van der Waals surface area (Å²) in [5, 5.41) is 6.82. The largest absolute Gasteiger partial charge is 0.339 e. The SMILES string of the molecule is O=C(CN1CC(c2nc(-c3cnccn3)no2)C1)Nc1ccccc1. The van der Waals surface area contributed by atoms with Gasteiger partial charge in [-0.3, -0.25) is 14.7 Å². The Labute approximate surface area is 143 Å². The van der Waals surface area contributed by atoms with Crippen molar-refractivity contribution in [3.8, 4) is 11.5 Å². The molecule has 0 saturated carbocycles. The minimum atomic E-state index is -0.0320. The van der Waals surface area contributed by atoms with Crippen LogP contribution >= 0.6 is 0 Å². The zero-order valence-electron chi connectivity index (χ0n) is 13.4. The normalized spacial score (nSPS) is 14.9. The molecule has 8 nitrogen and oxygen atoms in total. The average Bonchev–Trinajstić information content (AvgIpc) is 3.09. The lowest BCUT2D eigenvalue weighted by molar-refractivity contribution is -0.118. The Kier molecular flexibility index (Phi) is 4.17. The van der Waals surface area contributed by atoms with Crippen molar-refractivity contribution in [1.82, 2.24) is 25.0 Å². The van der Waals surface area contributed by atoms with Gasteiger partial charge in [0.05, 0.1) is 18.7 Å². The molecule has 0 radical (unpaired) electrons. The number of carbonyl (C=O) groups is 1. The maximum Gasteiger partial charge on any atom is 0.238 e. The van der Waals surface area contributed by atoms with Crippen LogP contribution in [0.3, 0.4) is 0 Å². The molecule has 0 unspecified atom stereocenters. The highest BCUT2D eigenvalue weighted by Gasteiger charge is 2.33. The van der Waals surface area contributed by atoms with E-state index in [1.807, 2.05) is 35.2 Å². The van der Waals surface area contributed by atoms with Gasteiger partial charge in [0, 0.05) is 31.2 Å². The molecule has 126 valence electrons. The van der Waals surface area contributed by atoms with E-state index in [2.05, 4.69) is 25.4 Å². The number of hydrogen-bond acceptors (Lipinski definition) is 7. The number of amides is 1. The number of nitrogens with one attached hydrogen (secondary N) is 1. The molecule has 8 heteroatoms. The first-order valence-corrected chi connectivity index (χ1v) is 7.95. The number of para-hydroxylation sites is 1. The van der Waals surface area contributed by atoms with Gasteiger partial charge >= 0.3 is 0 Å². The van der Waals surface area contributed by atoms with Gasteiger partial charge in [-0.1, -0.05) is 23.4 Å². The van der Waals surface area contributed by atoms with E-state index >= 15 is 0 Å². The van der Waals surface area contributed by atoms with Gasteiger partial charge in [0.25, 0.3) is 0 Å². The van der Waals surface area contributed by atoms with Crippen LogP contribution in [-0.2, 0) is 4.79 Å². The van der Waals surface area contributed by atoms with Crippen LogP contribution in [0.2, 0.25) is 0 Å². The third-order valence-corrected chi connectivity index (χ3v) is 3.97. The van der Waals surface area contributed by atoms with E-state index in [4.69, 9.17) is 4.52 Å². The molecule has 25 heavy (non-hydrogen) atoms. The van der Waals surface area contributed by atoms with Gasteiger partial charge in [0.1, 0.15) is 5.69 Å². The Hall–Kier alpha value is -3.13. The lowest BCUT2D eigenvalue weighted by Gasteiger charge is -2.36. The van der Waals surface area contributed by atoms with E-state index in [0.29, 0.717) is 37.0 Å². The van der Waals surface area contributed by atoms with Gasteiger partial charge < -0.3 is 9.84 Å². The third kappa shape index (κ3) is 3.53. The van der Waals surface area contributed by atoms with E-state index in [-0.39, 0.29) is 11.8 Å². The summed E-state index contributed by atoms with van der Waals surface area (Å²) in [6.07, 6.45) is 4.77. The molecule has 4 rings (SSSR count). The number of rotatable bonds is 5. The predicted molar refractivity (Wildman–Crippen MR) is 89.6 cm³/mol. The summed E-state index contributed by atoms with van der Waals surface area (Å²) in [4.78, 5) is 26.6. The Morgan fingerprint density at radius 2 is 2.08 bits per heavy atom. The fourth-order valence-electron chi connectivity index (χ4n) is 2.70. The minimum Gasteiger partial charge on any atom is -0.339 e. The van der Waals surface area contributed by atoms with Gasteiger partial charge in [0.2, 0.25) is 17.6 Å². The van der Waals surface area contributed by atoms with Crippen LogP contribution in [0.5, 0.6) is 0 Å². The molecule has 1 aromatic carbocycles. The molecule has 1 aliphatic heterocycles. The molecular weight excluding hydrogens is 320 g/mol. The number of hydrogen-bond donors (Lipinski definition) is 1. The van der Waals surface area contributed by atoms with Crippen LogP contribution in [-0.4, -0.2) is 50.5 Å². The number of aromatic nitrogens is 4. The summed E-state index contributed by atoms with van der Waals surface area (Å²) < 4.78 is 5.32. The number of benzene rings is 1. The van der Waals surface area contributed by atoms with Crippen molar-refractivity contribution >= 4 is 11.6 Å². The second kappa shape index (κ2) is 6.78. The van der Waals surface area contributed by atoms with Gasteiger partial charge in [-0.05, 0) is 12.1 Å². The molecule has 0 atom stereocenters. The van der Waals surface area contributed by atoms with Crippen LogP contribution in [0.15, 0.2) is 53.4 Å². The molecule has 1 N–H and O–H groups in total. The summed E-state index contributed by atoms with van der Waals surface area (Å²) in [6.45, 7) is 1.77. The summed E-state index contributed by atoms with van der Waals surface area (Å²) >= 11 is 0. The molecule has 1 amide bonds. The molecule has 3 heterocycles.